The molecule has 3 N–H and O–H groups in total. The van der Waals surface area contributed by atoms with Crippen LogP contribution in [0.5, 0.6) is 0 Å². The zero-order chi connectivity index (χ0) is 8.39. The van der Waals surface area contributed by atoms with Crippen molar-refractivity contribution in [2.75, 3.05) is 18.8 Å². The number of nitrogen functional groups attached to an aromatic ring is 1. The fourth-order valence-electron chi connectivity index (χ4n) is 1.50. The van der Waals surface area contributed by atoms with Gasteiger partial charge in [-0.2, -0.15) is 0 Å². The van der Waals surface area contributed by atoms with Gasteiger partial charge in [-0.05, 0) is 18.5 Å². The van der Waals surface area contributed by atoms with Crippen molar-refractivity contribution in [1.82, 2.24) is 15.3 Å². The molecule has 0 saturated carbocycles. The molecular weight excluding hydrogens is 152 g/mol. The lowest BCUT2D eigenvalue weighted by atomic mass is 10.0. The smallest absolute Gasteiger partial charge is 0.219 e. The van der Waals surface area contributed by atoms with Crippen molar-refractivity contribution < 1.29 is 0 Å². The lowest BCUT2D eigenvalue weighted by Crippen LogP contribution is -2.08. The number of hydrogen-bond donors (Lipinski definition) is 2. The molecule has 1 aromatic rings. The maximum Gasteiger partial charge on any atom is 0.219 e. The average molecular weight is 164 g/mol. The van der Waals surface area contributed by atoms with Gasteiger partial charge >= 0.3 is 0 Å². The van der Waals surface area contributed by atoms with Gasteiger partial charge in [-0.25, -0.2) is 9.97 Å². The molecular formula is C8H12N4. The molecule has 1 atom stereocenters. The maximum absolute atomic E-state index is 5.39. The molecule has 2 heterocycles. The predicted octanol–water partition coefficient (Wildman–Crippen LogP) is 0.136. The van der Waals surface area contributed by atoms with Gasteiger partial charge in [0.2, 0.25) is 5.95 Å². The van der Waals surface area contributed by atoms with Gasteiger partial charge in [-0.15, -0.1) is 0 Å². The number of nitrogens with one attached hydrogen (secondary N) is 1. The lowest BCUT2D eigenvalue weighted by molar-refractivity contribution is 0.753. The number of anilines is 1. The van der Waals surface area contributed by atoms with Crippen LogP contribution in [0, 0.1) is 0 Å². The van der Waals surface area contributed by atoms with Crippen LogP contribution < -0.4 is 11.1 Å². The molecule has 0 aliphatic carbocycles. The van der Waals surface area contributed by atoms with E-state index in [4.69, 9.17) is 5.73 Å². The van der Waals surface area contributed by atoms with Crippen molar-refractivity contribution in [3.05, 3.63) is 18.0 Å². The average Bonchev–Trinajstić information content (AvgIpc) is 2.58. The van der Waals surface area contributed by atoms with Crippen LogP contribution in [0.25, 0.3) is 0 Å². The second-order valence-electron chi connectivity index (χ2n) is 3.06. The molecule has 0 radical (unpaired) electrons. The van der Waals surface area contributed by atoms with Crippen molar-refractivity contribution in [3.63, 3.8) is 0 Å². The van der Waals surface area contributed by atoms with Crippen LogP contribution in [0.4, 0.5) is 5.95 Å². The summed E-state index contributed by atoms with van der Waals surface area (Å²) >= 11 is 0. The van der Waals surface area contributed by atoms with E-state index < -0.39 is 0 Å². The number of nitrogens with two attached hydrogens (primary N) is 1. The molecule has 2 rings (SSSR count). The summed E-state index contributed by atoms with van der Waals surface area (Å²) in [5.41, 5.74) is 6.58. The third-order valence-electron chi connectivity index (χ3n) is 2.22. The van der Waals surface area contributed by atoms with Gasteiger partial charge in [0.15, 0.2) is 0 Å². The molecule has 0 bridgehead atoms. The highest BCUT2D eigenvalue weighted by Gasteiger charge is 2.16. The normalized spacial score (nSPS) is 22.8. The monoisotopic (exact) mass is 164 g/mol. The summed E-state index contributed by atoms with van der Waals surface area (Å²) in [7, 11) is 0. The summed E-state index contributed by atoms with van der Waals surface area (Å²) in [4.78, 5) is 7.93. The van der Waals surface area contributed by atoms with E-state index in [0.29, 0.717) is 11.9 Å². The Morgan fingerprint density at radius 3 is 2.75 bits per heavy atom. The largest absolute Gasteiger partial charge is 0.368 e. The fourth-order valence-corrected chi connectivity index (χ4v) is 1.50. The highest BCUT2D eigenvalue weighted by atomic mass is 15.0. The van der Waals surface area contributed by atoms with Crippen LogP contribution in [0.2, 0.25) is 0 Å². The van der Waals surface area contributed by atoms with E-state index in [-0.39, 0.29) is 0 Å². The molecule has 1 aromatic heterocycles. The van der Waals surface area contributed by atoms with Crippen molar-refractivity contribution in [3.8, 4) is 0 Å². The Kier molecular flexibility index (Phi) is 1.91. The van der Waals surface area contributed by atoms with Gasteiger partial charge in [-0.1, -0.05) is 0 Å². The van der Waals surface area contributed by atoms with Gasteiger partial charge in [0, 0.05) is 24.9 Å². The summed E-state index contributed by atoms with van der Waals surface area (Å²) in [6, 6.07) is 0. The highest BCUT2D eigenvalue weighted by Crippen LogP contribution is 2.20. The van der Waals surface area contributed by atoms with Gasteiger partial charge < -0.3 is 11.1 Å². The minimum atomic E-state index is 0.352. The SMILES string of the molecule is Nc1ncc(C2CCNC2)cn1. The maximum atomic E-state index is 5.39. The first-order valence-electron chi connectivity index (χ1n) is 4.14. The molecule has 0 spiro atoms. The first-order chi connectivity index (χ1) is 5.86. The number of nitrogens with zero attached hydrogens (tertiary/aromatic N) is 2. The van der Waals surface area contributed by atoms with E-state index in [1.54, 1.807) is 0 Å². The summed E-state index contributed by atoms with van der Waals surface area (Å²) in [5, 5.41) is 3.30. The lowest BCUT2D eigenvalue weighted by Gasteiger charge is -2.06. The molecule has 4 nitrogen and oxygen atoms in total. The van der Waals surface area contributed by atoms with Gasteiger partial charge in [0.1, 0.15) is 0 Å². The predicted molar refractivity (Wildman–Crippen MR) is 46.7 cm³/mol. The molecule has 1 aliphatic heterocycles. The zero-order valence-electron chi connectivity index (χ0n) is 6.83. The van der Waals surface area contributed by atoms with Gasteiger partial charge in [0.25, 0.3) is 0 Å². The Hall–Kier alpha value is -1.16. The molecule has 12 heavy (non-hydrogen) atoms. The summed E-state index contributed by atoms with van der Waals surface area (Å²) in [6.07, 6.45) is 4.81. The molecule has 1 unspecified atom stereocenters. The minimum Gasteiger partial charge on any atom is -0.368 e. The van der Waals surface area contributed by atoms with Crippen molar-refractivity contribution >= 4 is 5.95 Å². The van der Waals surface area contributed by atoms with Crippen molar-refractivity contribution in [2.24, 2.45) is 0 Å². The topological polar surface area (TPSA) is 63.8 Å². The highest BCUT2D eigenvalue weighted by molar-refractivity contribution is 5.20. The zero-order valence-corrected chi connectivity index (χ0v) is 6.83. The standard InChI is InChI=1S/C8H12N4/c9-8-11-4-7(5-12-8)6-1-2-10-3-6/h4-6,10H,1-3H2,(H2,9,11,12). The molecule has 1 saturated heterocycles. The van der Waals surface area contributed by atoms with Crippen molar-refractivity contribution in [1.29, 1.82) is 0 Å². The Morgan fingerprint density at radius 1 is 1.42 bits per heavy atom. The summed E-state index contributed by atoms with van der Waals surface area (Å²) in [6.45, 7) is 2.13. The minimum absolute atomic E-state index is 0.352. The van der Waals surface area contributed by atoms with E-state index in [1.807, 2.05) is 12.4 Å². The molecule has 1 aliphatic rings. The second kappa shape index (κ2) is 3.06. The van der Waals surface area contributed by atoms with Crippen LogP contribution in [0.15, 0.2) is 12.4 Å². The third-order valence-corrected chi connectivity index (χ3v) is 2.22. The molecule has 0 aromatic carbocycles. The Labute approximate surface area is 71.2 Å². The molecule has 4 heteroatoms. The number of hydrogen-bond acceptors (Lipinski definition) is 4. The number of aromatic nitrogens is 2. The Bertz CT molecular complexity index is 250. The first-order valence-corrected chi connectivity index (χ1v) is 4.14. The van der Waals surface area contributed by atoms with Crippen LogP contribution in [0.3, 0.4) is 0 Å². The van der Waals surface area contributed by atoms with Crippen molar-refractivity contribution in [2.45, 2.75) is 12.3 Å². The summed E-state index contributed by atoms with van der Waals surface area (Å²) in [5.74, 6) is 0.926. The van der Waals surface area contributed by atoms with Gasteiger partial charge in [0.05, 0.1) is 0 Å². The van der Waals surface area contributed by atoms with Crippen LogP contribution in [-0.2, 0) is 0 Å². The van der Waals surface area contributed by atoms with Crippen LogP contribution in [0.1, 0.15) is 17.9 Å². The Balaban J connectivity index is 2.17. The Morgan fingerprint density at radius 2 is 2.17 bits per heavy atom. The van der Waals surface area contributed by atoms with Crippen LogP contribution >= 0.6 is 0 Å². The van der Waals surface area contributed by atoms with E-state index in [9.17, 15) is 0 Å². The quantitative estimate of drug-likeness (QED) is 0.619. The van der Waals surface area contributed by atoms with Crippen LogP contribution in [-0.4, -0.2) is 23.1 Å². The van der Waals surface area contributed by atoms with E-state index in [0.717, 1.165) is 13.1 Å². The summed E-state index contributed by atoms with van der Waals surface area (Å²) < 4.78 is 0. The molecule has 1 fully saturated rings. The van der Waals surface area contributed by atoms with E-state index >= 15 is 0 Å². The molecule has 0 amide bonds. The fraction of sp³-hybridized carbons (Fsp3) is 0.500. The van der Waals surface area contributed by atoms with E-state index in [1.165, 1.54) is 12.0 Å². The second-order valence-corrected chi connectivity index (χ2v) is 3.06. The third kappa shape index (κ3) is 1.38. The number of rotatable bonds is 1. The molecule has 64 valence electrons. The van der Waals surface area contributed by atoms with Gasteiger partial charge in [-0.3, -0.25) is 0 Å². The van der Waals surface area contributed by atoms with E-state index in [2.05, 4.69) is 15.3 Å². The first kappa shape index (κ1) is 7.49.